The average Bonchev–Trinajstić information content (AvgIpc) is 2.72. The van der Waals surface area contributed by atoms with E-state index in [0.717, 1.165) is 27.5 Å². The number of hydrogen-bond donors (Lipinski definition) is 1. The minimum Gasteiger partial charge on any atom is -0.508 e. The van der Waals surface area contributed by atoms with Gasteiger partial charge < -0.3 is 10.0 Å². The molecule has 6 nitrogen and oxygen atoms in total. The van der Waals surface area contributed by atoms with Crippen LogP contribution in [0.15, 0.2) is 54.6 Å². The molecule has 1 aliphatic heterocycles. The number of carbonyl (C=O) groups excluding carboxylic acids is 1. The van der Waals surface area contributed by atoms with Crippen molar-refractivity contribution < 1.29 is 18.3 Å². The number of amides is 1. The smallest absolute Gasteiger partial charge is 0.254 e. The summed E-state index contributed by atoms with van der Waals surface area (Å²) < 4.78 is 24.9. The molecule has 156 valence electrons. The van der Waals surface area contributed by atoms with E-state index in [0.29, 0.717) is 31.7 Å². The van der Waals surface area contributed by atoms with Gasteiger partial charge in [-0.2, -0.15) is 4.31 Å². The minimum absolute atomic E-state index is 0.0895. The largest absolute Gasteiger partial charge is 0.508 e. The van der Waals surface area contributed by atoms with Crippen molar-refractivity contribution in [1.29, 1.82) is 0 Å². The minimum atomic E-state index is -3.24. The van der Waals surface area contributed by atoms with E-state index in [4.69, 9.17) is 0 Å². The van der Waals surface area contributed by atoms with Crippen LogP contribution in [0.5, 0.6) is 5.75 Å². The fraction of sp³-hybridized carbons (Fsp3) is 0.261. The zero-order chi connectivity index (χ0) is 21.5. The van der Waals surface area contributed by atoms with Crippen molar-refractivity contribution in [3.05, 3.63) is 65.7 Å². The number of phenolic OH excluding ortho intramolecular Hbond substituents is 1. The molecule has 0 spiro atoms. The van der Waals surface area contributed by atoms with Gasteiger partial charge in [0.2, 0.25) is 10.0 Å². The van der Waals surface area contributed by atoms with Crippen LogP contribution in [-0.4, -0.2) is 61.1 Å². The van der Waals surface area contributed by atoms with Gasteiger partial charge in [0, 0.05) is 31.7 Å². The van der Waals surface area contributed by atoms with E-state index >= 15 is 0 Å². The van der Waals surface area contributed by atoms with Gasteiger partial charge in [-0.3, -0.25) is 4.79 Å². The van der Waals surface area contributed by atoms with Gasteiger partial charge in [-0.15, -0.1) is 0 Å². The number of aromatic hydroxyl groups is 1. The highest BCUT2D eigenvalue weighted by Gasteiger charge is 2.27. The van der Waals surface area contributed by atoms with Crippen molar-refractivity contribution >= 4 is 26.7 Å². The molecule has 0 saturated carbocycles. The second-order valence-corrected chi connectivity index (χ2v) is 9.64. The summed E-state index contributed by atoms with van der Waals surface area (Å²) in [6.07, 6.45) is 1.20. The van der Waals surface area contributed by atoms with E-state index in [-0.39, 0.29) is 11.7 Å². The van der Waals surface area contributed by atoms with Gasteiger partial charge in [-0.05, 0) is 52.6 Å². The number of aryl methyl sites for hydroxylation is 1. The molecule has 1 aliphatic rings. The number of rotatable bonds is 3. The first-order valence-corrected chi connectivity index (χ1v) is 11.7. The molecule has 4 rings (SSSR count). The first kappa shape index (κ1) is 20.4. The van der Waals surface area contributed by atoms with E-state index in [1.54, 1.807) is 17.0 Å². The second kappa shape index (κ2) is 7.74. The summed E-state index contributed by atoms with van der Waals surface area (Å²) >= 11 is 0. The molecule has 0 aromatic heterocycles. The zero-order valence-electron chi connectivity index (χ0n) is 17.0. The Kier molecular flexibility index (Phi) is 5.26. The van der Waals surface area contributed by atoms with Crippen LogP contribution in [0.2, 0.25) is 0 Å². The topological polar surface area (TPSA) is 77.9 Å². The quantitative estimate of drug-likeness (QED) is 0.700. The van der Waals surface area contributed by atoms with Crippen molar-refractivity contribution in [2.75, 3.05) is 32.4 Å². The number of benzene rings is 3. The summed E-state index contributed by atoms with van der Waals surface area (Å²) in [5.41, 5.74) is 3.57. The molecule has 7 heteroatoms. The Balaban J connectivity index is 1.70. The predicted octanol–water partition coefficient (Wildman–Crippen LogP) is 3.24. The number of hydrogen-bond acceptors (Lipinski definition) is 4. The highest BCUT2D eigenvalue weighted by molar-refractivity contribution is 7.88. The van der Waals surface area contributed by atoms with Crippen LogP contribution in [0.25, 0.3) is 21.9 Å². The Morgan fingerprint density at radius 1 is 0.900 bits per heavy atom. The lowest BCUT2D eigenvalue weighted by Crippen LogP contribution is -2.50. The molecule has 0 unspecified atom stereocenters. The van der Waals surface area contributed by atoms with Crippen molar-refractivity contribution in [2.45, 2.75) is 6.92 Å². The van der Waals surface area contributed by atoms with Crippen LogP contribution in [-0.2, 0) is 10.0 Å². The Morgan fingerprint density at radius 3 is 2.23 bits per heavy atom. The third-order valence-electron chi connectivity index (χ3n) is 5.65. The summed E-state index contributed by atoms with van der Waals surface area (Å²) in [4.78, 5) is 15.0. The van der Waals surface area contributed by atoms with E-state index in [1.807, 2.05) is 49.4 Å². The molecule has 1 saturated heterocycles. The molecule has 3 aromatic rings. The Bertz CT molecular complexity index is 1230. The third-order valence-corrected chi connectivity index (χ3v) is 6.95. The molecule has 0 atom stereocenters. The summed E-state index contributed by atoms with van der Waals surface area (Å²) in [6.45, 7) is 3.32. The normalized spacial score (nSPS) is 15.5. The van der Waals surface area contributed by atoms with Gasteiger partial charge >= 0.3 is 0 Å². The SMILES string of the molecule is Cc1cc(O)ccc1-c1cccc2c(C(=O)N3CCN(S(C)(=O)=O)CC3)cccc12. The van der Waals surface area contributed by atoms with Gasteiger partial charge in [0.25, 0.3) is 5.91 Å². The summed E-state index contributed by atoms with van der Waals surface area (Å²) in [5.74, 6) is 0.133. The second-order valence-electron chi connectivity index (χ2n) is 7.66. The van der Waals surface area contributed by atoms with Crippen molar-refractivity contribution in [1.82, 2.24) is 9.21 Å². The molecule has 0 aliphatic carbocycles. The number of nitrogens with zero attached hydrogens (tertiary/aromatic N) is 2. The molecule has 1 amide bonds. The van der Waals surface area contributed by atoms with Crippen LogP contribution in [0.4, 0.5) is 0 Å². The maximum atomic E-state index is 13.3. The lowest BCUT2D eigenvalue weighted by atomic mass is 9.93. The lowest BCUT2D eigenvalue weighted by Gasteiger charge is -2.33. The monoisotopic (exact) mass is 424 g/mol. The molecule has 1 fully saturated rings. The average molecular weight is 425 g/mol. The Labute approximate surface area is 176 Å². The fourth-order valence-corrected chi connectivity index (χ4v) is 4.90. The van der Waals surface area contributed by atoms with Crippen LogP contribution < -0.4 is 0 Å². The van der Waals surface area contributed by atoms with Crippen molar-refractivity contribution in [2.24, 2.45) is 0 Å². The maximum absolute atomic E-state index is 13.3. The molecule has 1 heterocycles. The summed E-state index contributed by atoms with van der Waals surface area (Å²) in [6, 6.07) is 16.9. The Hall–Kier alpha value is -2.90. The van der Waals surface area contributed by atoms with Gasteiger partial charge in [-0.1, -0.05) is 36.4 Å². The molecular weight excluding hydrogens is 400 g/mol. The molecule has 0 bridgehead atoms. The predicted molar refractivity (Wildman–Crippen MR) is 118 cm³/mol. The van der Waals surface area contributed by atoms with Gasteiger partial charge in [0.1, 0.15) is 5.75 Å². The first-order chi connectivity index (χ1) is 14.3. The Morgan fingerprint density at radius 2 is 1.57 bits per heavy atom. The molecule has 30 heavy (non-hydrogen) atoms. The van der Waals surface area contributed by atoms with Crippen LogP contribution in [0, 0.1) is 6.92 Å². The van der Waals surface area contributed by atoms with E-state index in [1.165, 1.54) is 10.6 Å². The third kappa shape index (κ3) is 3.78. The highest BCUT2D eigenvalue weighted by atomic mass is 32.2. The number of piperazine rings is 1. The number of fused-ring (bicyclic) bond motifs is 1. The van der Waals surface area contributed by atoms with E-state index in [2.05, 4.69) is 0 Å². The molecule has 3 aromatic carbocycles. The van der Waals surface area contributed by atoms with Gasteiger partial charge in [-0.25, -0.2) is 8.42 Å². The standard InChI is InChI=1S/C23H24N2O4S/c1-16-15-17(26)9-10-18(16)19-5-3-7-21-20(19)6-4-8-22(21)23(27)24-11-13-25(14-12-24)30(2,28)29/h3-10,15,26H,11-14H2,1-2H3. The highest BCUT2D eigenvalue weighted by Crippen LogP contribution is 2.34. The number of phenols is 1. The van der Waals surface area contributed by atoms with Crippen LogP contribution >= 0.6 is 0 Å². The maximum Gasteiger partial charge on any atom is 0.254 e. The number of sulfonamides is 1. The van der Waals surface area contributed by atoms with E-state index in [9.17, 15) is 18.3 Å². The van der Waals surface area contributed by atoms with Crippen molar-refractivity contribution in [3.63, 3.8) is 0 Å². The van der Waals surface area contributed by atoms with Crippen LogP contribution in [0.3, 0.4) is 0 Å². The zero-order valence-corrected chi connectivity index (χ0v) is 17.8. The van der Waals surface area contributed by atoms with Gasteiger partial charge in [0.15, 0.2) is 0 Å². The summed E-state index contributed by atoms with van der Waals surface area (Å²) in [5, 5.41) is 11.6. The number of carbonyl (C=O) groups is 1. The molecule has 1 N–H and O–H groups in total. The fourth-order valence-electron chi connectivity index (χ4n) is 4.07. The van der Waals surface area contributed by atoms with Crippen LogP contribution in [0.1, 0.15) is 15.9 Å². The van der Waals surface area contributed by atoms with E-state index < -0.39 is 10.0 Å². The molecular formula is C23H24N2O4S. The van der Waals surface area contributed by atoms with Gasteiger partial charge in [0.05, 0.1) is 6.26 Å². The summed E-state index contributed by atoms with van der Waals surface area (Å²) in [7, 11) is -3.24. The molecule has 0 radical (unpaired) electrons. The lowest BCUT2D eigenvalue weighted by molar-refractivity contribution is 0.0700. The van der Waals surface area contributed by atoms with Crippen molar-refractivity contribution in [3.8, 4) is 16.9 Å². The first-order valence-electron chi connectivity index (χ1n) is 9.82.